The number of rotatable bonds is 2. The number of carbonyl (C=O) groups excluding carboxylic acids is 1. The van der Waals surface area contributed by atoms with Gasteiger partial charge in [0.1, 0.15) is 0 Å². The number of nitrogens with one attached hydrogen (secondary N) is 1. The van der Waals surface area contributed by atoms with Gasteiger partial charge < -0.3 is 9.31 Å². The molecule has 0 amide bonds. The van der Waals surface area contributed by atoms with Crippen LogP contribution in [-0.4, -0.2) is 34.8 Å². The molecule has 1 aliphatic heterocycles. The maximum Gasteiger partial charge on any atom is 0.494 e. The molecule has 1 fully saturated rings. The van der Waals surface area contributed by atoms with Crippen LogP contribution in [0, 0.1) is 0 Å². The molecule has 2 heterocycles. The first-order valence-corrected chi connectivity index (χ1v) is 6.62. The zero-order chi connectivity index (χ0) is 14.5. The van der Waals surface area contributed by atoms with Crippen LogP contribution in [0.4, 0.5) is 0 Å². The number of carbonyl (C=O) groups is 1. The molecule has 0 aliphatic carbocycles. The summed E-state index contributed by atoms with van der Waals surface area (Å²) in [6.07, 6.45) is 2.47. The third kappa shape index (κ3) is 1.87. The number of hydrogen-bond acceptors (Lipinski definition) is 4. The van der Waals surface area contributed by atoms with E-state index in [4.69, 9.17) is 9.31 Å². The summed E-state index contributed by atoms with van der Waals surface area (Å²) in [4.78, 5) is 11.2. The first-order chi connectivity index (χ1) is 9.34. The second kappa shape index (κ2) is 4.17. The number of nitrogens with zero attached hydrogens (tertiary/aromatic N) is 1. The summed E-state index contributed by atoms with van der Waals surface area (Å²) in [5, 5.41) is 7.65. The molecule has 0 saturated carbocycles. The topological polar surface area (TPSA) is 64.2 Å². The molecular weight excluding hydrogens is 255 g/mol. The normalized spacial score (nSPS) is 20.5. The highest BCUT2D eigenvalue weighted by Gasteiger charge is 2.51. The molecule has 1 N–H and O–H groups in total. The van der Waals surface area contributed by atoms with Crippen molar-refractivity contribution in [2.45, 2.75) is 38.9 Å². The summed E-state index contributed by atoms with van der Waals surface area (Å²) in [6.45, 7) is 8.01. The van der Waals surface area contributed by atoms with E-state index in [9.17, 15) is 4.79 Å². The second-order valence-corrected chi connectivity index (χ2v) is 6.15. The van der Waals surface area contributed by atoms with Crippen LogP contribution < -0.4 is 5.46 Å². The smallest absolute Gasteiger partial charge is 0.399 e. The van der Waals surface area contributed by atoms with Crippen LogP contribution in [0.25, 0.3) is 10.9 Å². The Morgan fingerprint density at radius 2 is 1.85 bits per heavy atom. The molecule has 6 heteroatoms. The van der Waals surface area contributed by atoms with Crippen LogP contribution in [-0.2, 0) is 9.31 Å². The molecular formula is C14H17BN2O3. The molecule has 0 unspecified atom stereocenters. The molecule has 0 bridgehead atoms. The molecule has 5 nitrogen and oxygen atoms in total. The van der Waals surface area contributed by atoms with Gasteiger partial charge in [0.15, 0.2) is 6.29 Å². The van der Waals surface area contributed by atoms with Gasteiger partial charge in [0.25, 0.3) is 0 Å². The molecule has 1 aliphatic rings. The van der Waals surface area contributed by atoms with E-state index in [2.05, 4.69) is 10.2 Å². The molecule has 104 valence electrons. The Morgan fingerprint density at radius 1 is 1.20 bits per heavy atom. The number of H-pyrrole nitrogens is 1. The van der Waals surface area contributed by atoms with Gasteiger partial charge in [-0.05, 0) is 39.2 Å². The SMILES string of the molecule is CC1(C)OB(c2cc(C=O)c3cn[nH]c3c2)OC1(C)C. The third-order valence-electron chi connectivity index (χ3n) is 4.27. The fraction of sp³-hybridized carbons (Fsp3) is 0.429. The van der Waals surface area contributed by atoms with E-state index in [1.54, 1.807) is 12.3 Å². The molecule has 1 aromatic carbocycles. The molecule has 2 aromatic rings. The minimum atomic E-state index is -0.480. The number of fused-ring (bicyclic) bond motifs is 1. The molecule has 0 spiro atoms. The highest BCUT2D eigenvalue weighted by molar-refractivity contribution is 6.62. The van der Waals surface area contributed by atoms with Crippen LogP contribution in [0.3, 0.4) is 0 Å². The van der Waals surface area contributed by atoms with Crippen molar-refractivity contribution in [3.63, 3.8) is 0 Å². The summed E-state index contributed by atoms with van der Waals surface area (Å²) >= 11 is 0. The van der Waals surface area contributed by atoms with Crippen molar-refractivity contribution in [2.24, 2.45) is 0 Å². The minimum Gasteiger partial charge on any atom is -0.399 e. The number of benzene rings is 1. The average Bonchev–Trinajstić information content (AvgIpc) is 2.91. The first kappa shape index (κ1) is 13.3. The largest absolute Gasteiger partial charge is 0.494 e. The van der Waals surface area contributed by atoms with Gasteiger partial charge in [-0.3, -0.25) is 9.89 Å². The Balaban J connectivity index is 2.06. The zero-order valence-electron chi connectivity index (χ0n) is 12.1. The predicted octanol–water partition coefficient (Wildman–Crippen LogP) is 1.67. The summed E-state index contributed by atoms with van der Waals surface area (Å²) in [5.74, 6) is 0. The number of aromatic amines is 1. The van der Waals surface area contributed by atoms with Gasteiger partial charge in [-0.1, -0.05) is 6.07 Å². The highest BCUT2D eigenvalue weighted by atomic mass is 16.7. The van der Waals surface area contributed by atoms with Crippen LogP contribution in [0.15, 0.2) is 18.3 Å². The zero-order valence-corrected chi connectivity index (χ0v) is 12.1. The van der Waals surface area contributed by atoms with Crippen LogP contribution in [0.5, 0.6) is 0 Å². The van der Waals surface area contributed by atoms with Crippen molar-refractivity contribution in [1.82, 2.24) is 10.2 Å². The van der Waals surface area contributed by atoms with Crippen LogP contribution in [0.2, 0.25) is 0 Å². The molecule has 0 atom stereocenters. The van der Waals surface area contributed by atoms with Gasteiger partial charge in [0.2, 0.25) is 0 Å². The van der Waals surface area contributed by atoms with E-state index < -0.39 is 18.3 Å². The Labute approximate surface area is 117 Å². The van der Waals surface area contributed by atoms with Crippen LogP contribution in [0.1, 0.15) is 38.1 Å². The lowest BCUT2D eigenvalue weighted by Gasteiger charge is -2.32. The van der Waals surface area contributed by atoms with Crippen molar-refractivity contribution in [1.29, 1.82) is 0 Å². The van der Waals surface area contributed by atoms with Gasteiger partial charge >= 0.3 is 7.12 Å². The van der Waals surface area contributed by atoms with Gasteiger partial charge in [-0.2, -0.15) is 5.10 Å². The number of hydrogen-bond donors (Lipinski definition) is 1. The van der Waals surface area contributed by atoms with Gasteiger partial charge in [0.05, 0.1) is 22.9 Å². The summed E-state index contributed by atoms with van der Waals surface area (Å²) in [5.41, 5.74) is 1.41. The van der Waals surface area contributed by atoms with Gasteiger partial charge in [-0.25, -0.2) is 0 Å². The molecule has 1 saturated heterocycles. The van der Waals surface area contributed by atoms with Crippen molar-refractivity contribution >= 4 is 29.8 Å². The second-order valence-electron chi connectivity index (χ2n) is 6.15. The lowest BCUT2D eigenvalue weighted by Crippen LogP contribution is -2.41. The van der Waals surface area contributed by atoms with Crippen molar-refractivity contribution in [3.05, 3.63) is 23.9 Å². The van der Waals surface area contributed by atoms with E-state index in [0.717, 1.165) is 22.7 Å². The number of aldehydes is 1. The third-order valence-corrected chi connectivity index (χ3v) is 4.27. The quantitative estimate of drug-likeness (QED) is 0.667. The standard InChI is InChI=1S/C14H17BN2O3/c1-13(2)14(3,4)20-15(19-13)10-5-9(8-18)11-7-16-17-12(11)6-10/h5-8H,1-4H3,(H,16,17). The first-order valence-electron chi connectivity index (χ1n) is 6.62. The minimum absolute atomic E-state index is 0.401. The monoisotopic (exact) mass is 272 g/mol. The summed E-state index contributed by atoms with van der Waals surface area (Å²) in [7, 11) is -0.480. The average molecular weight is 272 g/mol. The Bertz CT molecular complexity index is 662. The number of aromatic nitrogens is 2. The fourth-order valence-corrected chi connectivity index (χ4v) is 2.31. The molecule has 1 aromatic heterocycles. The molecule has 3 rings (SSSR count). The summed E-state index contributed by atoms with van der Waals surface area (Å²) in [6, 6.07) is 3.71. The molecule has 0 radical (unpaired) electrons. The maximum atomic E-state index is 11.2. The van der Waals surface area contributed by atoms with E-state index in [-0.39, 0.29) is 0 Å². The maximum absolute atomic E-state index is 11.2. The van der Waals surface area contributed by atoms with Crippen molar-refractivity contribution in [2.75, 3.05) is 0 Å². The van der Waals surface area contributed by atoms with Gasteiger partial charge in [0, 0.05) is 10.9 Å². The van der Waals surface area contributed by atoms with Crippen LogP contribution >= 0.6 is 0 Å². The van der Waals surface area contributed by atoms with Crippen molar-refractivity contribution in [3.8, 4) is 0 Å². The van der Waals surface area contributed by atoms with Gasteiger partial charge in [-0.15, -0.1) is 0 Å². The van der Waals surface area contributed by atoms with E-state index >= 15 is 0 Å². The van der Waals surface area contributed by atoms with Crippen molar-refractivity contribution < 1.29 is 14.1 Å². The Hall–Kier alpha value is -1.66. The molecule has 20 heavy (non-hydrogen) atoms. The predicted molar refractivity (Wildman–Crippen MR) is 77.2 cm³/mol. The Kier molecular flexibility index (Phi) is 2.78. The lowest BCUT2D eigenvalue weighted by atomic mass is 9.78. The lowest BCUT2D eigenvalue weighted by molar-refractivity contribution is 0.00578. The fourth-order valence-electron chi connectivity index (χ4n) is 2.31. The van der Waals surface area contributed by atoms with E-state index in [1.165, 1.54) is 0 Å². The van der Waals surface area contributed by atoms with E-state index in [1.807, 2.05) is 33.8 Å². The summed E-state index contributed by atoms with van der Waals surface area (Å²) < 4.78 is 12.0. The van der Waals surface area contributed by atoms with E-state index in [0.29, 0.717) is 5.56 Å². The highest BCUT2D eigenvalue weighted by Crippen LogP contribution is 2.36. The Morgan fingerprint density at radius 3 is 2.45 bits per heavy atom.